The minimum absolute atomic E-state index is 0.612. The van der Waals surface area contributed by atoms with Gasteiger partial charge in [0.25, 0.3) is 0 Å². The molecular weight excluding hydrogens is 298 g/mol. The predicted octanol–water partition coefficient (Wildman–Crippen LogP) is 4.05. The SMILES string of the molecule is [C-]#[N+]c1ccc(-c2nc(C)cc(NCCc3cccnc3)n2)cc1. The highest BCUT2D eigenvalue weighted by molar-refractivity contribution is 5.61. The number of pyridine rings is 1. The van der Waals surface area contributed by atoms with Crippen molar-refractivity contribution in [3.8, 4) is 11.4 Å². The van der Waals surface area contributed by atoms with E-state index in [0.717, 1.165) is 30.0 Å². The lowest BCUT2D eigenvalue weighted by Crippen LogP contribution is -2.08. The van der Waals surface area contributed by atoms with Gasteiger partial charge in [0.1, 0.15) is 5.82 Å². The van der Waals surface area contributed by atoms with E-state index in [0.29, 0.717) is 11.5 Å². The molecule has 0 saturated carbocycles. The van der Waals surface area contributed by atoms with Crippen LogP contribution >= 0.6 is 0 Å². The Balaban J connectivity index is 1.72. The lowest BCUT2D eigenvalue weighted by Gasteiger charge is -2.09. The van der Waals surface area contributed by atoms with Crippen molar-refractivity contribution in [2.75, 3.05) is 11.9 Å². The van der Waals surface area contributed by atoms with Crippen molar-refractivity contribution in [2.45, 2.75) is 13.3 Å². The van der Waals surface area contributed by atoms with Gasteiger partial charge in [-0.3, -0.25) is 4.98 Å². The van der Waals surface area contributed by atoms with Crippen LogP contribution in [0.5, 0.6) is 0 Å². The van der Waals surface area contributed by atoms with Gasteiger partial charge in [0.2, 0.25) is 0 Å². The number of hydrogen-bond acceptors (Lipinski definition) is 4. The van der Waals surface area contributed by atoms with Crippen molar-refractivity contribution in [3.63, 3.8) is 0 Å². The van der Waals surface area contributed by atoms with Crippen LogP contribution in [0.3, 0.4) is 0 Å². The lowest BCUT2D eigenvalue weighted by atomic mass is 10.2. The van der Waals surface area contributed by atoms with Gasteiger partial charge in [0.05, 0.1) is 6.57 Å². The number of benzene rings is 1. The Kier molecular flexibility index (Phi) is 4.78. The summed E-state index contributed by atoms with van der Waals surface area (Å²) in [7, 11) is 0. The van der Waals surface area contributed by atoms with E-state index in [9.17, 15) is 0 Å². The summed E-state index contributed by atoms with van der Waals surface area (Å²) in [5, 5.41) is 3.34. The molecule has 0 fully saturated rings. The van der Waals surface area contributed by atoms with E-state index < -0.39 is 0 Å². The van der Waals surface area contributed by atoms with Gasteiger partial charge in [-0.1, -0.05) is 30.3 Å². The fraction of sp³-hybridized carbons (Fsp3) is 0.158. The molecule has 3 rings (SSSR count). The molecule has 24 heavy (non-hydrogen) atoms. The number of aryl methyl sites for hydroxylation is 1. The highest BCUT2D eigenvalue weighted by atomic mass is 15.0. The fourth-order valence-electron chi connectivity index (χ4n) is 2.35. The van der Waals surface area contributed by atoms with E-state index in [1.54, 1.807) is 18.3 Å². The van der Waals surface area contributed by atoms with Gasteiger partial charge in [-0.2, -0.15) is 0 Å². The Morgan fingerprint density at radius 2 is 1.96 bits per heavy atom. The first-order valence-electron chi connectivity index (χ1n) is 7.71. The van der Waals surface area contributed by atoms with Crippen molar-refractivity contribution < 1.29 is 0 Å². The van der Waals surface area contributed by atoms with Crippen LogP contribution in [-0.2, 0) is 6.42 Å². The van der Waals surface area contributed by atoms with Gasteiger partial charge in [-0.25, -0.2) is 14.8 Å². The van der Waals surface area contributed by atoms with E-state index in [-0.39, 0.29) is 0 Å². The minimum Gasteiger partial charge on any atom is -0.370 e. The Morgan fingerprint density at radius 1 is 1.12 bits per heavy atom. The third-order valence-electron chi connectivity index (χ3n) is 3.55. The van der Waals surface area contributed by atoms with E-state index in [2.05, 4.69) is 31.2 Å². The van der Waals surface area contributed by atoms with Crippen molar-refractivity contribution in [1.29, 1.82) is 0 Å². The van der Waals surface area contributed by atoms with Gasteiger partial charge < -0.3 is 5.32 Å². The minimum atomic E-state index is 0.612. The monoisotopic (exact) mass is 315 g/mol. The quantitative estimate of drug-likeness (QED) is 0.722. The molecule has 1 aromatic carbocycles. The Hall–Kier alpha value is -3.26. The first kappa shape index (κ1) is 15.6. The second kappa shape index (κ2) is 7.34. The van der Waals surface area contributed by atoms with Gasteiger partial charge in [0, 0.05) is 36.3 Å². The van der Waals surface area contributed by atoms with Crippen LogP contribution in [0.25, 0.3) is 16.2 Å². The number of hydrogen-bond donors (Lipinski definition) is 1. The smallest absolute Gasteiger partial charge is 0.187 e. The second-order valence-electron chi connectivity index (χ2n) is 5.41. The van der Waals surface area contributed by atoms with Crippen LogP contribution in [-0.4, -0.2) is 21.5 Å². The van der Waals surface area contributed by atoms with E-state index in [1.807, 2.05) is 37.4 Å². The maximum Gasteiger partial charge on any atom is 0.187 e. The molecule has 0 atom stereocenters. The van der Waals surface area contributed by atoms with Crippen molar-refractivity contribution in [1.82, 2.24) is 15.0 Å². The zero-order chi connectivity index (χ0) is 16.8. The first-order chi connectivity index (χ1) is 11.7. The van der Waals surface area contributed by atoms with E-state index >= 15 is 0 Å². The summed E-state index contributed by atoms with van der Waals surface area (Å²) in [6, 6.07) is 13.2. The van der Waals surface area contributed by atoms with Crippen LogP contribution in [0.2, 0.25) is 0 Å². The summed E-state index contributed by atoms with van der Waals surface area (Å²) in [5.74, 6) is 1.46. The van der Waals surface area contributed by atoms with Crippen molar-refractivity contribution in [2.24, 2.45) is 0 Å². The van der Waals surface area contributed by atoms with Crippen LogP contribution < -0.4 is 5.32 Å². The molecule has 2 heterocycles. The van der Waals surface area contributed by atoms with Crippen LogP contribution in [0.15, 0.2) is 54.9 Å². The number of rotatable bonds is 5. The van der Waals surface area contributed by atoms with Crippen LogP contribution in [0.1, 0.15) is 11.3 Å². The van der Waals surface area contributed by atoms with Gasteiger partial charge in [-0.05, 0) is 25.0 Å². The van der Waals surface area contributed by atoms with Crippen LogP contribution in [0, 0.1) is 13.5 Å². The maximum absolute atomic E-state index is 7.01. The molecule has 118 valence electrons. The van der Waals surface area contributed by atoms with Crippen molar-refractivity contribution >= 4 is 11.5 Å². The molecule has 0 amide bonds. The lowest BCUT2D eigenvalue weighted by molar-refractivity contribution is 0.985. The zero-order valence-corrected chi connectivity index (χ0v) is 13.4. The number of anilines is 1. The fourth-order valence-corrected chi connectivity index (χ4v) is 2.35. The summed E-state index contributed by atoms with van der Waals surface area (Å²) in [5.41, 5.74) is 3.60. The molecule has 0 radical (unpaired) electrons. The predicted molar refractivity (Wildman–Crippen MR) is 94.9 cm³/mol. The number of nitrogens with one attached hydrogen (secondary N) is 1. The topological polar surface area (TPSA) is 55.1 Å². The molecule has 0 aliphatic heterocycles. The third-order valence-corrected chi connectivity index (χ3v) is 3.55. The Morgan fingerprint density at radius 3 is 2.67 bits per heavy atom. The van der Waals surface area contributed by atoms with Gasteiger partial charge in [-0.15, -0.1) is 0 Å². The van der Waals surface area contributed by atoms with Gasteiger partial charge in [0.15, 0.2) is 11.5 Å². The molecule has 1 N–H and O–H groups in total. The van der Waals surface area contributed by atoms with Crippen LogP contribution in [0.4, 0.5) is 11.5 Å². The molecule has 5 nitrogen and oxygen atoms in total. The normalized spacial score (nSPS) is 10.2. The first-order valence-corrected chi connectivity index (χ1v) is 7.71. The molecule has 0 unspecified atom stereocenters. The summed E-state index contributed by atoms with van der Waals surface area (Å²) in [6.07, 6.45) is 4.53. The van der Waals surface area contributed by atoms with E-state index in [1.165, 1.54) is 5.56 Å². The third kappa shape index (κ3) is 3.93. The molecule has 3 aromatic rings. The molecule has 5 heteroatoms. The summed E-state index contributed by atoms with van der Waals surface area (Å²) < 4.78 is 0. The number of nitrogens with zero attached hydrogens (tertiary/aromatic N) is 4. The molecular formula is C19H17N5. The average Bonchev–Trinajstić information content (AvgIpc) is 2.62. The summed E-state index contributed by atoms with van der Waals surface area (Å²) in [6.45, 7) is 9.74. The Labute approximate surface area is 141 Å². The average molecular weight is 315 g/mol. The molecule has 0 spiro atoms. The molecule has 0 bridgehead atoms. The highest BCUT2D eigenvalue weighted by Gasteiger charge is 2.05. The van der Waals surface area contributed by atoms with E-state index in [4.69, 9.17) is 6.57 Å². The zero-order valence-electron chi connectivity index (χ0n) is 13.4. The standard InChI is InChI=1S/C19H17N5/c1-14-12-18(22-11-9-15-4-3-10-21-13-15)24-19(23-14)16-5-7-17(20-2)8-6-16/h3-8,10,12-13H,9,11H2,1H3,(H,22,23,24). The maximum atomic E-state index is 7.01. The number of aromatic nitrogens is 3. The summed E-state index contributed by atoms with van der Waals surface area (Å²) in [4.78, 5) is 16.6. The van der Waals surface area contributed by atoms with Crippen molar-refractivity contribution in [3.05, 3.63) is 77.5 Å². The summed E-state index contributed by atoms with van der Waals surface area (Å²) >= 11 is 0. The highest BCUT2D eigenvalue weighted by Crippen LogP contribution is 2.21. The molecule has 2 aromatic heterocycles. The van der Waals surface area contributed by atoms with Gasteiger partial charge >= 0.3 is 0 Å². The molecule has 0 aliphatic carbocycles. The molecule has 0 saturated heterocycles. The molecule has 0 aliphatic rings. The largest absolute Gasteiger partial charge is 0.370 e. The Bertz CT molecular complexity index is 851. The second-order valence-corrected chi connectivity index (χ2v) is 5.41.